The smallest absolute Gasteiger partial charge is 0.336 e. The summed E-state index contributed by atoms with van der Waals surface area (Å²) in [7, 11) is 0. The molecule has 0 unspecified atom stereocenters. The van der Waals surface area contributed by atoms with E-state index >= 15 is 0 Å². The topological polar surface area (TPSA) is 134 Å². The number of rotatable bonds is 8. The summed E-state index contributed by atoms with van der Waals surface area (Å²) in [4.78, 5) is 36.2. The van der Waals surface area contributed by atoms with Crippen molar-refractivity contribution < 1.29 is 28.7 Å². The largest absolute Gasteiger partial charge is 0.618 e. The van der Waals surface area contributed by atoms with Gasteiger partial charge in [0.15, 0.2) is 6.21 Å². The van der Waals surface area contributed by atoms with Crippen molar-refractivity contribution in [2.45, 2.75) is 33.6 Å². The van der Waals surface area contributed by atoms with Crippen LogP contribution in [0.5, 0.6) is 0 Å². The van der Waals surface area contributed by atoms with Crippen LogP contribution in [0.3, 0.4) is 0 Å². The first-order valence-electron chi connectivity index (χ1n) is 11.4. The highest BCUT2D eigenvalue weighted by molar-refractivity contribution is 6.00. The van der Waals surface area contributed by atoms with Crippen LogP contribution >= 0.6 is 0 Å². The van der Waals surface area contributed by atoms with E-state index < -0.39 is 22.8 Å². The number of non-ortho nitro benzene ring substituents is 1. The van der Waals surface area contributed by atoms with Gasteiger partial charge in [0.1, 0.15) is 0 Å². The molecule has 3 rings (SSSR count). The Morgan fingerprint density at radius 2 is 1.47 bits per heavy atom. The van der Waals surface area contributed by atoms with Crippen LogP contribution in [0.1, 0.15) is 44.7 Å². The van der Waals surface area contributed by atoms with E-state index in [1.165, 1.54) is 30.5 Å². The predicted molar refractivity (Wildman–Crippen MR) is 133 cm³/mol. The Labute approximate surface area is 208 Å². The fourth-order valence-electron chi connectivity index (χ4n) is 4.02. The van der Waals surface area contributed by atoms with Crippen molar-refractivity contribution in [1.29, 1.82) is 0 Å². The molecule has 0 aromatic heterocycles. The van der Waals surface area contributed by atoms with Gasteiger partial charge < -0.3 is 20.0 Å². The Morgan fingerprint density at radius 3 is 1.97 bits per heavy atom. The molecule has 10 heteroatoms. The van der Waals surface area contributed by atoms with Crippen molar-refractivity contribution in [2.24, 2.45) is 0 Å². The van der Waals surface area contributed by atoms with Crippen LogP contribution in [0, 0.1) is 15.3 Å². The van der Waals surface area contributed by atoms with E-state index in [9.17, 15) is 24.9 Å². The van der Waals surface area contributed by atoms with E-state index in [4.69, 9.17) is 9.47 Å². The summed E-state index contributed by atoms with van der Waals surface area (Å²) in [5.74, 6) is -1.98. The average Bonchev–Trinajstić information content (AvgIpc) is 2.84. The number of nitro groups is 1. The molecule has 0 amide bonds. The van der Waals surface area contributed by atoms with Crippen LogP contribution < -0.4 is 5.32 Å². The second-order valence-corrected chi connectivity index (χ2v) is 7.97. The maximum absolute atomic E-state index is 12.9. The van der Waals surface area contributed by atoms with Crippen molar-refractivity contribution in [3.8, 4) is 0 Å². The molecular weight excluding hydrogens is 466 g/mol. The number of benzene rings is 2. The Kier molecular flexibility index (Phi) is 8.21. The lowest BCUT2D eigenvalue weighted by Gasteiger charge is -2.30. The molecule has 10 nitrogen and oxygen atoms in total. The van der Waals surface area contributed by atoms with Crippen LogP contribution in [0.4, 0.5) is 11.4 Å². The van der Waals surface area contributed by atoms with Crippen molar-refractivity contribution in [3.05, 3.63) is 97.5 Å². The number of carbonyl (C=O) groups is 2. The van der Waals surface area contributed by atoms with Crippen molar-refractivity contribution in [1.82, 2.24) is 5.32 Å². The van der Waals surface area contributed by atoms with Gasteiger partial charge in [-0.25, -0.2) is 9.59 Å². The first-order valence-corrected chi connectivity index (χ1v) is 11.4. The Morgan fingerprint density at radius 1 is 0.917 bits per heavy atom. The third kappa shape index (κ3) is 5.60. The number of nitro benzene ring substituents is 1. The Balaban J connectivity index is 2.09. The zero-order valence-corrected chi connectivity index (χ0v) is 20.4. The van der Waals surface area contributed by atoms with E-state index in [1.807, 2.05) is 0 Å². The molecule has 0 atom stereocenters. The van der Waals surface area contributed by atoms with E-state index in [0.29, 0.717) is 27.3 Å². The lowest BCUT2D eigenvalue weighted by molar-refractivity contribution is -0.384. The standard InChI is InChI=1S/C26H27N3O7/c1-5-35-25(30)22-16(3)27-17(4)23(26(31)36-6-2)24(22)19-8-7-9-21(14-19)28(32)15-18-10-12-20(13-11-18)29(33)34/h7-15,24,27H,5-6H2,1-4H3/b28-15-. The molecule has 0 aliphatic carbocycles. The number of dihydropyridines is 1. The number of carbonyl (C=O) groups excluding carboxylic acids is 2. The zero-order valence-electron chi connectivity index (χ0n) is 20.4. The summed E-state index contributed by atoms with van der Waals surface area (Å²) < 4.78 is 11.2. The van der Waals surface area contributed by atoms with Gasteiger partial charge in [-0.05, 0) is 45.4 Å². The minimum Gasteiger partial charge on any atom is -0.618 e. The molecule has 1 aliphatic heterocycles. The van der Waals surface area contributed by atoms with Gasteiger partial charge in [-0.1, -0.05) is 12.1 Å². The van der Waals surface area contributed by atoms with Gasteiger partial charge in [-0.3, -0.25) is 10.1 Å². The number of hydrogen-bond acceptors (Lipinski definition) is 8. The Hall–Kier alpha value is -4.47. The van der Waals surface area contributed by atoms with E-state index in [2.05, 4.69) is 5.32 Å². The highest BCUT2D eigenvalue weighted by Gasteiger charge is 2.38. The highest BCUT2D eigenvalue weighted by Crippen LogP contribution is 2.40. The summed E-state index contributed by atoms with van der Waals surface area (Å²) in [6, 6.07) is 12.1. The number of nitrogens with zero attached hydrogens (tertiary/aromatic N) is 2. The highest BCUT2D eigenvalue weighted by atomic mass is 16.6. The summed E-state index contributed by atoms with van der Waals surface area (Å²) in [5, 5.41) is 26.9. The summed E-state index contributed by atoms with van der Waals surface area (Å²) >= 11 is 0. The van der Waals surface area contributed by atoms with Crippen molar-refractivity contribution in [3.63, 3.8) is 0 Å². The molecule has 0 bridgehead atoms. The number of nitrogens with one attached hydrogen (secondary N) is 1. The maximum atomic E-state index is 12.9. The second-order valence-electron chi connectivity index (χ2n) is 7.97. The normalized spacial score (nSPS) is 14.4. The lowest BCUT2D eigenvalue weighted by Crippen LogP contribution is -2.32. The van der Waals surface area contributed by atoms with Gasteiger partial charge in [0.05, 0.1) is 35.2 Å². The quantitative estimate of drug-likeness (QED) is 0.144. The van der Waals surface area contributed by atoms with Crippen LogP contribution in [0.15, 0.2) is 71.1 Å². The van der Waals surface area contributed by atoms with E-state index in [0.717, 1.165) is 0 Å². The van der Waals surface area contributed by atoms with Crippen LogP contribution in [-0.2, 0) is 19.1 Å². The molecule has 0 spiro atoms. The van der Waals surface area contributed by atoms with Gasteiger partial charge in [0.25, 0.3) is 5.69 Å². The lowest BCUT2D eigenvalue weighted by atomic mass is 9.80. The monoisotopic (exact) mass is 493 g/mol. The Bertz CT molecular complexity index is 1240. The number of esters is 2. The summed E-state index contributed by atoms with van der Waals surface area (Å²) in [5.41, 5.74) is 2.71. The third-order valence-electron chi connectivity index (χ3n) is 5.58. The van der Waals surface area contributed by atoms with E-state index in [1.54, 1.807) is 52.0 Å². The van der Waals surface area contributed by atoms with Gasteiger partial charge >= 0.3 is 11.9 Å². The molecule has 0 saturated heterocycles. The molecule has 2 aromatic carbocycles. The molecule has 1 heterocycles. The number of allylic oxidation sites excluding steroid dienone is 2. The molecule has 0 radical (unpaired) electrons. The van der Waals surface area contributed by atoms with Gasteiger partial charge in [0, 0.05) is 41.2 Å². The van der Waals surface area contributed by atoms with Gasteiger partial charge in [-0.15, -0.1) is 0 Å². The first-order chi connectivity index (χ1) is 17.2. The zero-order chi connectivity index (χ0) is 26.4. The van der Waals surface area contributed by atoms with Gasteiger partial charge in [0.2, 0.25) is 5.69 Å². The minimum atomic E-state index is -0.822. The molecule has 2 aromatic rings. The number of ether oxygens (including phenoxy) is 2. The minimum absolute atomic E-state index is 0.0835. The van der Waals surface area contributed by atoms with E-state index in [-0.39, 0.29) is 35.7 Å². The summed E-state index contributed by atoms with van der Waals surface area (Å²) in [6.07, 6.45) is 1.28. The van der Waals surface area contributed by atoms with Crippen LogP contribution in [0.25, 0.3) is 0 Å². The molecule has 0 saturated carbocycles. The molecule has 188 valence electrons. The molecule has 0 fully saturated rings. The van der Waals surface area contributed by atoms with Crippen LogP contribution in [0.2, 0.25) is 0 Å². The first kappa shape index (κ1) is 26.1. The second kappa shape index (κ2) is 11.3. The molecule has 1 aliphatic rings. The van der Waals surface area contributed by atoms with Gasteiger partial charge in [-0.2, -0.15) is 4.74 Å². The average molecular weight is 494 g/mol. The molecular formula is C26H27N3O7. The number of hydrogen-bond donors (Lipinski definition) is 1. The molecule has 1 N–H and O–H groups in total. The van der Waals surface area contributed by atoms with Crippen molar-refractivity contribution in [2.75, 3.05) is 13.2 Å². The van der Waals surface area contributed by atoms with Crippen molar-refractivity contribution >= 4 is 29.5 Å². The fourth-order valence-corrected chi connectivity index (χ4v) is 4.02. The summed E-state index contributed by atoms with van der Waals surface area (Å²) in [6.45, 7) is 7.12. The third-order valence-corrected chi connectivity index (χ3v) is 5.58. The SMILES string of the molecule is CCOC(=O)C1=C(C)NC(C)=C(C(=O)OCC)C1c1cccc(/[N+]([O-])=C/c2ccc([N+](=O)[O-])cc2)c1. The maximum Gasteiger partial charge on any atom is 0.336 e. The molecule has 36 heavy (non-hydrogen) atoms. The fraction of sp³-hybridized carbons (Fsp3) is 0.269. The predicted octanol–water partition coefficient (Wildman–Crippen LogP) is 4.22. The van der Waals surface area contributed by atoms with Crippen LogP contribution in [-0.4, -0.2) is 41.0 Å².